The fourth-order valence-corrected chi connectivity index (χ4v) is 3.67. The molecule has 2 N–H and O–H groups in total. The van der Waals surface area contributed by atoms with E-state index in [1.54, 1.807) is 11.8 Å². The molecule has 0 bridgehead atoms. The number of aryl methyl sites for hydroxylation is 1. The van der Waals surface area contributed by atoms with Crippen LogP contribution in [0.3, 0.4) is 0 Å². The van der Waals surface area contributed by atoms with Crippen LogP contribution in [0.5, 0.6) is 5.75 Å². The molecule has 1 aromatic carbocycles. The Morgan fingerprint density at radius 2 is 1.93 bits per heavy atom. The lowest BCUT2D eigenvalue weighted by Gasteiger charge is -2.26. The van der Waals surface area contributed by atoms with Gasteiger partial charge >= 0.3 is 0 Å². The number of amides is 1. The highest BCUT2D eigenvalue weighted by Gasteiger charge is 2.22. The maximum atomic E-state index is 12.4. The first-order chi connectivity index (χ1) is 13.6. The van der Waals surface area contributed by atoms with Crippen molar-refractivity contribution in [1.82, 2.24) is 25.1 Å². The number of methoxy groups -OCH3 is 1. The molecular formula is C20H23N5O3. The summed E-state index contributed by atoms with van der Waals surface area (Å²) in [5.74, 6) is 0.939. The number of benzene rings is 1. The van der Waals surface area contributed by atoms with Crippen molar-refractivity contribution in [2.45, 2.75) is 44.8 Å². The van der Waals surface area contributed by atoms with Gasteiger partial charge in [0.1, 0.15) is 5.75 Å². The molecule has 0 aliphatic heterocycles. The van der Waals surface area contributed by atoms with Crippen LogP contribution in [0.25, 0.3) is 16.9 Å². The van der Waals surface area contributed by atoms with Gasteiger partial charge in [-0.25, -0.2) is 9.97 Å². The standard InChI is InChI=1S/C20H23N5O3/c1-12-18-16(4-3-5-17(18)28-2)25(24-12)20-21-10-13(11-22-20)19(27)23-14-6-8-15(26)9-7-14/h3-5,10-11,14-15,26H,6-9H2,1-2H3,(H,23,27). The zero-order valence-corrected chi connectivity index (χ0v) is 15.9. The molecule has 0 saturated heterocycles. The number of ether oxygens (including phenoxy) is 1. The molecule has 146 valence electrons. The quantitative estimate of drug-likeness (QED) is 0.718. The first-order valence-corrected chi connectivity index (χ1v) is 9.40. The second-order valence-electron chi connectivity index (χ2n) is 7.10. The van der Waals surface area contributed by atoms with Crippen LogP contribution in [-0.4, -0.2) is 50.0 Å². The second kappa shape index (κ2) is 7.55. The molecule has 0 unspecified atom stereocenters. The average Bonchev–Trinajstić information content (AvgIpc) is 3.07. The van der Waals surface area contributed by atoms with Gasteiger partial charge in [-0.3, -0.25) is 4.79 Å². The van der Waals surface area contributed by atoms with Crippen molar-refractivity contribution in [2.75, 3.05) is 7.11 Å². The molecule has 3 aromatic rings. The zero-order valence-electron chi connectivity index (χ0n) is 15.9. The van der Waals surface area contributed by atoms with Crippen molar-refractivity contribution in [1.29, 1.82) is 0 Å². The van der Waals surface area contributed by atoms with E-state index in [2.05, 4.69) is 20.4 Å². The number of aromatic nitrogens is 4. The van der Waals surface area contributed by atoms with E-state index in [1.165, 1.54) is 12.4 Å². The lowest BCUT2D eigenvalue weighted by atomic mass is 9.93. The van der Waals surface area contributed by atoms with Crippen LogP contribution >= 0.6 is 0 Å². The Balaban J connectivity index is 1.55. The van der Waals surface area contributed by atoms with Crippen molar-refractivity contribution in [3.05, 3.63) is 41.9 Å². The second-order valence-corrected chi connectivity index (χ2v) is 7.10. The zero-order chi connectivity index (χ0) is 19.7. The molecule has 2 heterocycles. The van der Waals surface area contributed by atoms with Gasteiger partial charge in [0.2, 0.25) is 0 Å². The van der Waals surface area contributed by atoms with Crippen LogP contribution in [0, 0.1) is 6.92 Å². The number of fused-ring (bicyclic) bond motifs is 1. The number of nitrogens with one attached hydrogen (secondary N) is 1. The first kappa shape index (κ1) is 18.4. The molecule has 1 amide bonds. The Bertz CT molecular complexity index is 991. The molecule has 0 spiro atoms. The van der Waals surface area contributed by atoms with Crippen LogP contribution in [0.1, 0.15) is 41.7 Å². The predicted molar refractivity (Wildman–Crippen MR) is 104 cm³/mol. The number of aliphatic hydroxyl groups excluding tert-OH is 1. The van der Waals surface area contributed by atoms with Gasteiger partial charge in [0.25, 0.3) is 11.9 Å². The summed E-state index contributed by atoms with van der Waals surface area (Å²) in [6.45, 7) is 1.91. The summed E-state index contributed by atoms with van der Waals surface area (Å²) < 4.78 is 7.07. The third kappa shape index (κ3) is 3.43. The van der Waals surface area contributed by atoms with Gasteiger partial charge in [0, 0.05) is 18.4 Å². The molecule has 4 rings (SSSR count). The minimum absolute atomic E-state index is 0.0840. The summed E-state index contributed by atoms with van der Waals surface area (Å²) in [5, 5.41) is 18.0. The number of hydrogen-bond acceptors (Lipinski definition) is 6. The van der Waals surface area contributed by atoms with Crippen molar-refractivity contribution in [3.8, 4) is 11.7 Å². The molecule has 28 heavy (non-hydrogen) atoms. The molecule has 0 radical (unpaired) electrons. The molecule has 1 aliphatic carbocycles. The Kier molecular flexibility index (Phi) is 4.95. The van der Waals surface area contributed by atoms with E-state index in [1.807, 2.05) is 25.1 Å². The number of aliphatic hydroxyl groups is 1. The Labute approximate surface area is 162 Å². The van der Waals surface area contributed by atoms with Crippen LogP contribution < -0.4 is 10.1 Å². The Hall–Kier alpha value is -3.00. The van der Waals surface area contributed by atoms with Gasteiger partial charge in [-0.2, -0.15) is 9.78 Å². The number of rotatable bonds is 4. The van der Waals surface area contributed by atoms with Crippen molar-refractivity contribution < 1.29 is 14.6 Å². The van der Waals surface area contributed by atoms with E-state index < -0.39 is 0 Å². The smallest absolute Gasteiger partial charge is 0.254 e. The molecule has 1 fully saturated rings. The van der Waals surface area contributed by atoms with E-state index >= 15 is 0 Å². The van der Waals surface area contributed by atoms with Gasteiger partial charge in [0.05, 0.1) is 35.4 Å². The average molecular weight is 381 g/mol. The lowest BCUT2D eigenvalue weighted by Crippen LogP contribution is -2.38. The Morgan fingerprint density at radius 1 is 1.21 bits per heavy atom. The van der Waals surface area contributed by atoms with Crippen LogP contribution in [-0.2, 0) is 0 Å². The third-order valence-electron chi connectivity index (χ3n) is 5.19. The normalized spacial score (nSPS) is 19.5. The van der Waals surface area contributed by atoms with E-state index in [0.717, 1.165) is 48.0 Å². The summed E-state index contributed by atoms with van der Waals surface area (Å²) >= 11 is 0. The van der Waals surface area contributed by atoms with Crippen molar-refractivity contribution in [3.63, 3.8) is 0 Å². The SMILES string of the molecule is COc1cccc2c1c(C)nn2-c1ncc(C(=O)NC2CCC(O)CC2)cn1. The summed E-state index contributed by atoms with van der Waals surface area (Å²) in [4.78, 5) is 21.1. The number of nitrogens with zero attached hydrogens (tertiary/aromatic N) is 4. The van der Waals surface area contributed by atoms with E-state index in [4.69, 9.17) is 4.74 Å². The van der Waals surface area contributed by atoms with E-state index in [0.29, 0.717) is 11.5 Å². The summed E-state index contributed by atoms with van der Waals surface area (Å²) in [5.41, 5.74) is 2.06. The highest BCUT2D eigenvalue weighted by Crippen LogP contribution is 2.29. The Morgan fingerprint density at radius 3 is 2.61 bits per heavy atom. The highest BCUT2D eigenvalue weighted by molar-refractivity contribution is 5.94. The van der Waals surface area contributed by atoms with Crippen LogP contribution in [0.4, 0.5) is 0 Å². The predicted octanol–water partition coefficient (Wildman–Crippen LogP) is 2.17. The van der Waals surface area contributed by atoms with Crippen LogP contribution in [0.15, 0.2) is 30.6 Å². The molecule has 2 aromatic heterocycles. The maximum Gasteiger partial charge on any atom is 0.254 e. The van der Waals surface area contributed by atoms with Gasteiger partial charge in [-0.1, -0.05) is 6.07 Å². The highest BCUT2D eigenvalue weighted by atomic mass is 16.5. The summed E-state index contributed by atoms with van der Waals surface area (Å²) in [6.07, 6.45) is 5.78. The molecule has 1 saturated carbocycles. The fourth-order valence-electron chi connectivity index (χ4n) is 3.67. The van der Waals surface area contributed by atoms with Crippen molar-refractivity contribution >= 4 is 16.8 Å². The largest absolute Gasteiger partial charge is 0.496 e. The van der Waals surface area contributed by atoms with Gasteiger partial charge in [0.15, 0.2) is 0 Å². The minimum atomic E-state index is -0.248. The van der Waals surface area contributed by atoms with Crippen LogP contribution in [0.2, 0.25) is 0 Å². The van der Waals surface area contributed by atoms with Gasteiger partial charge < -0.3 is 15.2 Å². The van der Waals surface area contributed by atoms with E-state index in [-0.39, 0.29) is 18.1 Å². The molecule has 8 nitrogen and oxygen atoms in total. The first-order valence-electron chi connectivity index (χ1n) is 9.40. The number of carbonyl (C=O) groups excluding carboxylic acids is 1. The number of hydrogen-bond donors (Lipinski definition) is 2. The summed E-state index contributed by atoms with van der Waals surface area (Å²) in [7, 11) is 1.63. The van der Waals surface area contributed by atoms with E-state index in [9.17, 15) is 9.90 Å². The maximum absolute atomic E-state index is 12.4. The molecule has 1 aliphatic rings. The fraction of sp³-hybridized carbons (Fsp3) is 0.400. The summed E-state index contributed by atoms with van der Waals surface area (Å²) in [6, 6.07) is 5.79. The molecular weight excluding hydrogens is 358 g/mol. The van der Waals surface area contributed by atoms with Crippen molar-refractivity contribution in [2.24, 2.45) is 0 Å². The molecule has 0 atom stereocenters. The van der Waals surface area contributed by atoms with Gasteiger partial charge in [-0.05, 0) is 44.7 Å². The number of carbonyl (C=O) groups is 1. The third-order valence-corrected chi connectivity index (χ3v) is 5.19. The minimum Gasteiger partial charge on any atom is -0.496 e. The topological polar surface area (TPSA) is 102 Å². The monoisotopic (exact) mass is 381 g/mol. The molecule has 8 heteroatoms. The lowest BCUT2D eigenvalue weighted by molar-refractivity contribution is 0.0867. The van der Waals surface area contributed by atoms with Gasteiger partial charge in [-0.15, -0.1) is 0 Å².